The van der Waals surface area contributed by atoms with E-state index in [0.717, 1.165) is 9.88 Å². The number of urea groups is 1. The number of benzene rings is 1. The Bertz CT molecular complexity index is 672. The molecule has 0 aliphatic rings. The van der Waals surface area contributed by atoms with Gasteiger partial charge in [0.2, 0.25) is 0 Å². The number of amides is 2. The summed E-state index contributed by atoms with van der Waals surface area (Å²) in [6.45, 7) is 2.93. The lowest BCUT2D eigenvalue weighted by atomic mass is 10.3. The van der Waals surface area contributed by atoms with Gasteiger partial charge in [0, 0.05) is 23.2 Å². The van der Waals surface area contributed by atoms with E-state index >= 15 is 0 Å². The fourth-order valence-electron chi connectivity index (χ4n) is 1.71. The Labute approximate surface area is 136 Å². The summed E-state index contributed by atoms with van der Waals surface area (Å²) in [6, 6.07) is 5.48. The average molecular weight is 336 g/mol. The Hall–Kier alpha value is -2.68. The highest BCUT2D eigenvalue weighted by molar-refractivity contribution is 7.11. The number of nitrogens with zero attached hydrogens (tertiary/aromatic N) is 2. The molecular weight excluding hydrogens is 320 g/mol. The normalized spacial score (nSPS) is 10.1. The van der Waals surface area contributed by atoms with Gasteiger partial charge in [-0.05, 0) is 19.1 Å². The number of rotatable bonds is 7. The van der Waals surface area contributed by atoms with Crippen LogP contribution in [0, 0.1) is 17.0 Å². The molecule has 0 spiro atoms. The fourth-order valence-corrected chi connectivity index (χ4v) is 2.45. The van der Waals surface area contributed by atoms with Crippen LogP contribution in [0.5, 0.6) is 5.75 Å². The van der Waals surface area contributed by atoms with Crippen LogP contribution in [0.1, 0.15) is 9.88 Å². The molecule has 0 saturated heterocycles. The summed E-state index contributed by atoms with van der Waals surface area (Å²) in [4.78, 5) is 26.7. The minimum atomic E-state index is -0.472. The number of ether oxygens (including phenoxy) is 1. The second-order valence-electron chi connectivity index (χ2n) is 4.55. The fraction of sp³-hybridized carbons (Fsp3) is 0.286. The average Bonchev–Trinajstić information content (AvgIpc) is 2.95. The number of hydrogen-bond acceptors (Lipinski definition) is 6. The molecule has 0 fully saturated rings. The van der Waals surface area contributed by atoms with Gasteiger partial charge in [0.25, 0.3) is 5.69 Å². The summed E-state index contributed by atoms with van der Waals surface area (Å²) < 4.78 is 5.38. The molecule has 2 amide bonds. The summed E-state index contributed by atoms with van der Waals surface area (Å²) in [5.41, 5.74) is 0.00755. The maximum atomic E-state index is 11.6. The Kier molecular flexibility index (Phi) is 5.87. The van der Waals surface area contributed by atoms with E-state index in [1.54, 1.807) is 6.20 Å². The van der Waals surface area contributed by atoms with E-state index in [1.165, 1.54) is 35.6 Å². The van der Waals surface area contributed by atoms with Crippen LogP contribution in [0.25, 0.3) is 0 Å². The topological polar surface area (TPSA) is 106 Å². The number of aromatic nitrogens is 1. The summed E-state index contributed by atoms with van der Waals surface area (Å²) in [6.07, 6.45) is 1.73. The van der Waals surface area contributed by atoms with Gasteiger partial charge in [-0.3, -0.25) is 10.1 Å². The van der Waals surface area contributed by atoms with Crippen molar-refractivity contribution in [2.75, 3.05) is 13.2 Å². The molecule has 9 heteroatoms. The van der Waals surface area contributed by atoms with E-state index in [1.807, 2.05) is 6.92 Å². The van der Waals surface area contributed by atoms with Gasteiger partial charge in [-0.15, -0.1) is 11.3 Å². The lowest BCUT2D eigenvalue weighted by molar-refractivity contribution is -0.384. The van der Waals surface area contributed by atoms with Crippen LogP contribution in [-0.4, -0.2) is 29.1 Å². The number of thiazole rings is 1. The van der Waals surface area contributed by atoms with Crippen molar-refractivity contribution in [3.63, 3.8) is 0 Å². The standard InChI is InChI=1S/C14H16N4O4S/c1-10-16-8-13(23-10)9-17-14(19)15-6-7-22-12-4-2-11(3-5-12)18(20)21/h2-5,8H,6-7,9H2,1H3,(H2,15,17,19). The van der Waals surface area contributed by atoms with Gasteiger partial charge < -0.3 is 15.4 Å². The maximum Gasteiger partial charge on any atom is 0.315 e. The first kappa shape index (κ1) is 16.7. The minimum absolute atomic E-state index is 0.00755. The van der Waals surface area contributed by atoms with E-state index in [2.05, 4.69) is 15.6 Å². The van der Waals surface area contributed by atoms with E-state index in [9.17, 15) is 14.9 Å². The molecule has 23 heavy (non-hydrogen) atoms. The molecule has 0 bridgehead atoms. The van der Waals surface area contributed by atoms with Crippen molar-refractivity contribution < 1.29 is 14.5 Å². The molecule has 0 radical (unpaired) electrons. The molecule has 8 nitrogen and oxygen atoms in total. The number of aryl methyl sites for hydroxylation is 1. The Morgan fingerprint density at radius 2 is 2.09 bits per heavy atom. The molecular formula is C14H16N4O4S. The van der Waals surface area contributed by atoms with Crippen molar-refractivity contribution in [2.45, 2.75) is 13.5 Å². The predicted molar refractivity (Wildman–Crippen MR) is 85.7 cm³/mol. The molecule has 1 aromatic carbocycles. The van der Waals surface area contributed by atoms with Crippen LogP contribution in [0.3, 0.4) is 0 Å². The smallest absolute Gasteiger partial charge is 0.315 e. The molecule has 2 rings (SSSR count). The number of nitro groups is 1. The third-order valence-electron chi connectivity index (χ3n) is 2.80. The Balaban J connectivity index is 1.62. The first-order valence-corrected chi connectivity index (χ1v) is 7.66. The summed E-state index contributed by atoms with van der Waals surface area (Å²) in [7, 11) is 0. The zero-order valence-corrected chi connectivity index (χ0v) is 13.3. The summed E-state index contributed by atoms with van der Waals surface area (Å²) in [5, 5.41) is 16.9. The SMILES string of the molecule is Cc1ncc(CNC(=O)NCCOc2ccc([N+](=O)[O-])cc2)s1. The minimum Gasteiger partial charge on any atom is -0.492 e. The number of hydrogen-bond donors (Lipinski definition) is 2. The zero-order valence-electron chi connectivity index (χ0n) is 12.4. The van der Waals surface area contributed by atoms with Crippen LogP contribution in [-0.2, 0) is 6.54 Å². The third kappa shape index (κ3) is 5.55. The van der Waals surface area contributed by atoms with Gasteiger partial charge >= 0.3 is 6.03 Å². The summed E-state index contributed by atoms with van der Waals surface area (Å²) in [5.74, 6) is 0.512. The molecule has 1 aromatic heterocycles. The third-order valence-corrected chi connectivity index (χ3v) is 3.71. The van der Waals surface area contributed by atoms with Gasteiger partial charge in [0.15, 0.2) is 0 Å². The molecule has 0 saturated carbocycles. The number of nitro benzene ring substituents is 1. The van der Waals surface area contributed by atoms with Gasteiger partial charge in [0.05, 0.1) is 23.0 Å². The number of non-ortho nitro benzene ring substituents is 1. The highest BCUT2D eigenvalue weighted by Gasteiger charge is 2.05. The zero-order chi connectivity index (χ0) is 16.7. The van der Waals surface area contributed by atoms with Crippen LogP contribution < -0.4 is 15.4 Å². The molecule has 0 aliphatic carbocycles. The highest BCUT2D eigenvalue weighted by atomic mass is 32.1. The van der Waals surface area contributed by atoms with Gasteiger partial charge in [-0.2, -0.15) is 0 Å². The summed E-state index contributed by atoms with van der Waals surface area (Å²) >= 11 is 1.53. The first-order valence-electron chi connectivity index (χ1n) is 6.85. The van der Waals surface area contributed by atoms with Crippen molar-refractivity contribution >= 4 is 23.1 Å². The van der Waals surface area contributed by atoms with Crippen molar-refractivity contribution in [3.8, 4) is 5.75 Å². The van der Waals surface area contributed by atoms with E-state index < -0.39 is 4.92 Å². The van der Waals surface area contributed by atoms with E-state index in [-0.39, 0.29) is 18.3 Å². The van der Waals surface area contributed by atoms with Gasteiger partial charge in [-0.25, -0.2) is 9.78 Å². The second kappa shape index (κ2) is 8.08. The highest BCUT2D eigenvalue weighted by Crippen LogP contribution is 2.16. The van der Waals surface area contributed by atoms with Crippen LogP contribution in [0.2, 0.25) is 0 Å². The molecule has 0 unspecified atom stereocenters. The molecule has 2 N–H and O–H groups in total. The lowest BCUT2D eigenvalue weighted by Crippen LogP contribution is -2.37. The second-order valence-corrected chi connectivity index (χ2v) is 5.87. The monoisotopic (exact) mass is 336 g/mol. The largest absolute Gasteiger partial charge is 0.492 e. The van der Waals surface area contributed by atoms with Crippen molar-refractivity contribution in [1.29, 1.82) is 0 Å². The van der Waals surface area contributed by atoms with Crippen molar-refractivity contribution in [2.24, 2.45) is 0 Å². The van der Waals surface area contributed by atoms with E-state index in [4.69, 9.17) is 4.74 Å². The first-order chi connectivity index (χ1) is 11.0. The van der Waals surface area contributed by atoms with Crippen LogP contribution >= 0.6 is 11.3 Å². The molecule has 2 aromatic rings. The Morgan fingerprint density at radius 1 is 1.35 bits per heavy atom. The number of nitrogens with one attached hydrogen (secondary N) is 2. The van der Waals surface area contributed by atoms with Gasteiger partial charge in [0.1, 0.15) is 12.4 Å². The molecule has 1 heterocycles. The maximum absolute atomic E-state index is 11.6. The number of carbonyl (C=O) groups excluding carboxylic acids is 1. The van der Waals surface area contributed by atoms with Gasteiger partial charge in [-0.1, -0.05) is 0 Å². The molecule has 0 atom stereocenters. The quantitative estimate of drug-likeness (QED) is 0.458. The van der Waals surface area contributed by atoms with Crippen LogP contribution in [0.15, 0.2) is 30.5 Å². The molecule has 122 valence electrons. The lowest BCUT2D eigenvalue weighted by Gasteiger charge is -2.08. The number of carbonyl (C=O) groups is 1. The van der Waals surface area contributed by atoms with E-state index in [0.29, 0.717) is 18.8 Å². The van der Waals surface area contributed by atoms with Crippen molar-refractivity contribution in [1.82, 2.24) is 15.6 Å². The Morgan fingerprint density at radius 3 is 2.70 bits per heavy atom. The molecule has 0 aliphatic heterocycles. The van der Waals surface area contributed by atoms with Crippen molar-refractivity contribution in [3.05, 3.63) is 50.5 Å². The predicted octanol–water partition coefficient (Wildman–Crippen LogP) is 2.24. The van der Waals surface area contributed by atoms with Crippen LogP contribution in [0.4, 0.5) is 10.5 Å².